The molecule has 0 radical (unpaired) electrons. The van der Waals surface area contributed by atoms with Crippen molar-refractivity contribution in [1.82, 2.24) is 15.5 Å². The topological polar surface area (TPSA) is 90.9 Å². The number of ether oxygens (including phenoxy) is 1. The Morgan fingerprint density at radius 3 is 2.08 bits per heavy atom. The number of nitrogens with one attached hydrogen (secondary N) is 2. The number of rotatable bonds is 9. The maximum atomic E-state index is 13.6. The molecule has 0 bridgehead atoms. The number of amides is 2. The maximum absolute atomic E-state index is 13.6. The minimum Gasteiger partial charge on any atom is -0.410 e. The van der Waals surface area contributed by atoms with Gasteiger partial charge in [0.05, 0.1) is 18.3 Å². The van der Waals surface area contributed by atoms with E-state index in [2.05, 4.69) is 10.6 Å². The largest absolute Gasteiger partial charge is 0.412 e. The number of aliphatic hydroxyl groups is 1. The number of hydrogen-bond donors (Lipinski definition) is 3. The Bertz CT molecular complexity index is 1130. The molecular weight excluding hydrogens is 454 g/mol. The lowest BCUT2D eigenvalue weighted by Gasteiger charge is -2.27. The van der Waals surface area contributed by atoms with Crippen molar-refractivity contribution in [2.45, 2.75) is 51.2 Å². The fraction of sp³-hybridized carbons (Fsp3) is 0.310. The first kappa shape index (κ1) is 25.4. The first-order valence-corrected chi connectivity index (χ1v) is 12.3. The van der Waals surface area contributed by atoms with Crippen LogP contribution in [0.2, 0.25) is 0 Å². The Balaban J connectivity index is 1.53. The van der Waals surface area contributed by atoms with Crippen molar-refractivity contribution in [3.05, 3.63) is 102 Å². The molecule has 3 N–H and O–H groups in total. The average Bonchev–Trinajstić information content (AvgIpc) is 3.21. The van der Waals surface area contributed by atoms with Gasteiger partial charge >= 0.3 is 6.09 Å². The van der Waals surface area contributed by atoms with Crippen LogP contribution in [0.3, 0.4) is 0 Å². The Morgan fingerprint density at radius 2 is 1.50 bits per heavy atom. The van der Waals surface area contributed by atoms with Crippen molar-refractivity contribution < 1.29 is 19.4 Å². The van der Waals surface area contributed by atoms with Crippen molar-refractivity contribution in [1.29, 1.82) is 0 Å². The lowest BCUT2D eigenvalue weighted by molar-refractivity contribution is -0.133. The highest BCUT2D eigenvalue weighted by Crippen LogP contribution is 2.24. The van der Waals surface area contributed by atoms with Gasteiger partial charge in [0.2, 0.25) is 5.91 Å². The van der Waals surface area contributed by atoms with Gasteiger partial charge in [-0.1, -0.05) is 92.7 Å². The van der Waals surface area contributed by atoms with Gasteiger partial charge in [-0.25, -0.2) is 4.79 Å². The number of benzene rings is 3. The summed E-state index contributed by atoms with van der Waals surface area (Å²) in [6.45, 7) is 4.51. The molecule has 36 heavy (non-hydrogen) atoms. The molecule has 0 saturated carbocycles. The Kier molecular flexibility index (Phi) is 8.36. The summed E-state index contributed by atoms with van der Waals surface area (Å²) in [6, 6.07) is 26.4. The van der Waals surface area contributed by atoms with Crippen LogP contribution < -0.4 is 15.4 Å². The van der Waals surface area contributed by atoms with Crippen LogP contribution in [0.4, 0.5) is 4.79 Å². The monoisotopic (exact) mass is 487 g/mol. The van der Waals surface area contributed by atoms with E-state index in [-0.39, 0.29) is 18.0 Å². The SMILES string of the molecule is CC(C)C1N[C@@H]([C@H](O)[C@H](Cc2ccccc2)NC(=O)Oc2ccccc2)C(=O)N1Cc1ccccc1. The molecule has 0 spiro atoms. The van der Waals surface area contributed by atoms with E-state index in [1.54, 1.807) is 29.2 Å². The van der Waals surface area contributed by atoms with Crippen LogP contribution in [0.25, 0.3) is 0 Å². The molecule has 188 valence electrons. The molecule has 1 aliphatic heterocycles. The van der Waals surface area contributed by atoms with Crippen molar-refractivity contribution in [2.24, 2.45) is 5.92 Å². The van der Waals surface area contributed by atoms with Crippen LogP contribution in [0.1, 0.15) is 25.0 Å². The molecular formula is C29H33N3O4. The van der Waals surface area contributed by atoms with E-state index in [9.17, 15) is 14.7 Å². The number of aliphatic hydroxyl groups excluding tert-OH is 1. The highest BCUT2D eigenvalue weighted by atomic mass is 16.6. The lowest BCUT2D eigenvalue weighted by atomic mass is 9.96. The van der Waals surface area contributed by atoms with E-state index in [4.69, 9.17) is 4.74 Å². The molecule has 0 aliphatic carbocycles. The van der Waals surface area contributed by atoms with Gasteiger partial charge in [0.25, 0.3) is 0 Å². The molecule has 2 amide bonds. The summed E-state index contributed by atoms with van der Waals surface area (Å²) in [7, 11) is 0. The fourth-order valence-electron chi connectivity index (χ4n) is 4.55. The quantitative estimate of drug-likeness (QED) is 0.428. The molecule has 3 aromatic rings. The number of hydrogen-bond acceptors (Lipinski definition) is 5. The third-order valence-corrected chi connectivity index (χ3v) is 6.37. The zero-order valence-electron chi connectivity index (χ0n) is 20.6. The number of carbonyl (C=O) groups is 2. The van der Waals surface area contributed by atoms with Gasteiger partial charge in [0, 0.05) is 6.54 Å². The third kappa shape index (κ3) is 6.30. The second-order valence-corrected chi connectivity index (χ2v) is 9.42. The predicted octanol–water partition coefficient (Wildman–Crippen LogP) is 3.73. The van der Waals surface area contributed by atoms with Gasteiger partial charge in [-0.05, 0) is 35.6 Å². The summed E-state index contributed by atoms with van der Waals surface area (Å²) < 4.78 is 5.40. The van der Waals surface area contributed by atoms with Gasteiger partial charge in [0.1, 0.15) is 11.8 Å². The van der Waals surface area contributed by atoms with Crippen LogP contribution in [-0.4, -0.2) is 46.4 Å². The third-order valence-electron chi connectivity index (χ3n) is 6.37. The van der Waals surface area contributed by atoms with Crippen LogP contribution >= 0.6 is 0 Å². The normalized spacial score (nSPS) is 19.2. The van der Waals surface area contributed by atoms with Gasteiger partial charge in [0.15, 0.2) is 0 Å². The minimum absolute atomic E-state index is 0.124. The smallest absolute Gasteiger partial charge is 0.410 e. The van der Waals surface area contributed by atoms with E-state index in [1.165, 1.54) is 0 Å². The molecule has 1 fully saturated rings. The zero-order chi connectivity index (χ0) is 25.5. The molecule has 0 aromatic heterocycles. The van der Waals surface area contributed by atoms with Gasteiger partial charge < -0.3 is 20.1 Å². The zero-order valence-corrected chi connectivity index (χ0v) is 20.6. The molecule has 7 nitrogen and oxygen atoms in total. The van der Waals surface area contributed by atoms with E-state index in [1.807, 2.05) is 80.6 Å². The van der Waals surface area contributed by atoms with Crippen molar-refractivity contribution in [2.75, 3.05) is 0 Å². The van der Waals surface area contributed by atoms with E-state index in [0.29, 0.717) is 18.7 Å². The van der Waals surface area contributed by atoms with Gasteiger partial charge in [-0.3, -0.25) is 10.1 Å². The second-order valence-electron chi connectivity index (χ2n) is 9.42. The summed E-state index contributed by atoms with van der Waals surface area (Å²) in [6.07, 6.45) is -1.77. The molecule has 3 aromatic carbocycles. The first-order chi connectivity index (χ1) is 17.4. The molecule has 4 atom stereocenters. The Labute approximate surface area is 212 Å². The number of para-hydroxylation sites is 1. The summed E-state index contributed by atoms with van der Waals surface area (Å²) in [5, 5.41) is 17.6. The molecule has 1 aliphatic rings. The van der Waals surface area contributed by atoms with Crippen molar-refractivity contribution >= 4 is 12.0 Å². The van der Waals surface area contributed by atoms with E-state index < -0.39 is 24.3 Å². The second kappa shape index (κ2) is 11.8. The average molecular weight is 488 g/mol. The molecule has 7 heteroatoms. The van der Waals surface area contributed by atoms with E-state index >= 15 is 0 Å². The number of nitrogens with zero attached hydrogens (tertiary/aromatic N) is 1. The minimum atomic E-state index is -1.18. The van der Waals surface area contributed by atoms with E-state index in [0.717, 1.165) is 11.1 Å². The van der Waals surface area contributed by atoms with Crippen LogP contribution in [-0.2, 0) is 17.8 Å². The van der Waals surface area contributed by atoms with Crippen LogP contribution in [0.5, 0.6) is 5.75 Å². The summed E-state index contributed by atoms with van der Waals surface area (Å²) >= 11 is 0. The highest BCUT2D eigenvalue weighted by molar-refractivity contribution is 5.85. The first-order valence-electron chi connectivity index (χ1n) is 12.3. The molecule has 1 heterocycles. The predicted molar refractivity (Wildman–Crippen MR) is 138 cm³/mol. The Morgan fingerprint density at radius 1 is 0.944 bits per heavy atom. The number of carbonyl (C=O) groups excluding carboxylic acids is 2. The maximum Gasteiger partial charge on any atom is 0.412 e. The van der Waals surface area contributed by atoms with Crippen LogP contribution in [0, 0.1) is 5.92 Å². The van der Waals surface area contributed by atoms with Gasteiger partial charge in [-0.2, -0.15) is 0 Å². The summed E-state index contributed by atoms with van der Waals surface area (Å²) in [4.78, 5) is 28.1. The van der Waals surface area contributed by atoms with Crippen molar-refractivity contribution in [3.63, 3.8) is 0 Å². The molecule has 1 saturated heterocycles. The highest BCUT2D eigenvalue weighted by Gasteiger charge is 2.46. The fourth-order valence-corrected chi connectivity index (χ4v) is 4.55. The Hall–Kier alpha value is -3.68. The molecule has 1 unspecified atom stereocenters. The molecule has 4 rings (SSSR count). The van der Waals surface area contributed by atoms with Crippen LogP contribution in [0.15, 0.2) is 91.0 Å². The standard InChI is InChI=1S/C29H33N3O4/c1-20(2)27-31-25(28(34)32(27)19-22-14-8-4-9-15-22)26(33)24(18-21-12-6-3-7-13-21)30-29(35)36-23-16-10-5-11-17-23/h3-17,20,24-27,31,33H,18-19H2,1-2H3,(H,30,35)/t24-,25-,26+,27?/m0/s1. The van der Waals surface area contributed by atoms with Crippen molar-refractivity contribution in [3.8, 4) is 5.75 Å². The summed E-state index contributed by atoms with van der Waals surface area (Å²) in [5.41, 5.74) is 1.94. The summed E-state index contributed by atoms with van der Waals surface area (Å²) in [5.74, 6) is 0.326. The van der Waals surface area contributed by atoms with Gasteiger partial charge in [-0.15, -0.1) is 0 Å². The lowest BCUT2D eigenvalue weighted by Crippen LogP contribution is -2.55.